The van der Waals surface area contributed by atoms with Crippen LogP contribution in [0.4, 0.5) is 26.3 Å². The van der Waals surface area contributed by atoms with Crippen LogP contribution in [-0.2, 0) is 24.2 Å². The molecular formula is C24H27F6NO2. The smallest absolute Gasteiger partial charge is 0.419 e. The third kappa shape index (κ3) is 5.81. The highest BCUT2D eigenvalue weighted by Crippen LogP contribution is 2.47. The largest absolute Gasteiger partial charge is 0.491 e. The van der Waals surface area contributed by atoms with Crippen LogP contribution in [0, 0.1) is 0 Å². The van der Waals surface area contributed by atoms with Gasteiger partial charge in [0.05, 0.1) is 17.7 Å². The molecule has 0 saturated heterocycles. The lowest BCUT2D eigenvalue weighted by Crippen LogP contribution is -2.42. The first-order valence-electron chi connectivity index (χ1n) is 10.8. The summed E-state index contributed by atoms with van der Waals surface area (Å²) in [5.41, 5.74) is -3.08. The van der Waals surface area contributed by atoms with E-state index in [-0.39, 0.29) is 24.6 Å². The van der Waals surface area contributed by atoms with Crippen LogP contribution in [0.5, 0.6) is 5.75 Å². The molecule has 0 unspecified atom stereocenters. The number of benzene rings is 2. The molecule has 0 atom stereocenters. The van der Waals surface area contributed by atoms with Gasteiger partial charge in [0, 0.05) is 18.1 Å². The fourth-order valence-corrected chi connectivity index (χ4v) is 4.52. The summed E-state index contributed by atoms with van der Waals surface area (Å²) in [6, 6.07) is 10.6. The lowest BCUT2D eigenvalue weighted by atomic mass is 9.68. The average molecular weight is 475 g/mol. The average Bonchev–Trinajstić information content (AvgIpc) is 2.77. The molecule has 33 heavy (non-hydrogen) atoms. The van der Waals surface area contributed by atoms with E-state index in [1.165, 1.54) is 0 Å². The normalized spacial score (nSPS) is 21.8. The summed E-state index contributed by atoms with van der Waals surface area (Å²) in [6.45, 7) is -0.877. The highest BCUT2D eigenvalue weighted by Gasteiger charge is 2.44. The molecule has 2 aromatic rings. The van der Waals surface area contributed by atoms with Gasteiger partial charge in [-0.05, 0) is 62.4 Å². The molecule has 1 saturated carbocycles. The topological polar surface area (TPSA) is 41.5 Å². The predicted molar refractivity (Wildman–Crippen MR) is 112 cm³/mol. The van der Waals surface area contributed by atoms with Gasteiger partial charge in [-0.1, -0.05) is 30.3 Å². The summed E-state index contributed by atoms with van der Waals surface area (Å²) >= 11 is 0. The molecule has 0 heterocycles. The molecule has 182 valence electrons. The molecule has 0 radical (unpaired) electrons. The third-order valence-corrected chi connectivity index (χ3v) is 6.39. The maximum absolute atomic E-state index is 13.8. The lowest BCUT2D eigenvalue weighted by Gasteiger charge is -2.40. The lowest BCUT2D eigenvalue weighted by molar-refractivity contribution is -0.146. The van der Waals surface area contributed by atoms with E-state index in [2.05, 4.69) is 5.32 Å². The quantitative estimate of drug-likeness (QED) is 0.502. The van der Waals surface area contributed by atoms with Crippen molar-refractivity contribution in [1.29, 1.82) is 0 Å². The molecule has 0 amide bonds. The van der Waals surface area contributed by atoms with Crippen LogP contribution >= 0.6 is 0 Å². The van der Waals surface area contributed by atoms with Gasteiger partial charge in [-0.3, -0.25) is 0 Å². The van der Waals surface area contributed by atoms with Crippen LogP contribution in [-0.4, -0.2) is 31.4 Å². The molecular weight excluding hydrogens is 448 g/mol. The van der Waals surface area contributed by atoms with Crippen LogP contribution < -0.4 is 10.1 Å². The van der Waals surface area contributed by atoms with Crippen LogP contribution in [0.1, 0.15) is 47.9 Å². The number of aliphatic hydroxyl groups is 1. The Hall–Kier alpha value is -2.26. The van der Waals surface area contributed by atoms with Gasteiger partial charge in [0.25, 0.3) is 0 Å². The Morgan fingerprint density at radius 2 is 1.52 bits per heavy atom. The van der Waals surface area contributed by atoms with E-state index in [1.807, 2.05) is 19.2 Å². The Bertz CT molecular complexity index is 884. The van der Waals surface area contributed by atoms with Gasteiger partial charge in [0.1, 0.15) is 5.75 Å². The summed E-state index contributed by atoms with van der Waals surface area (Å²) in [5, 5.41) is 12.2. The molecule has 2 N–H and O–H groups in total. The molecule has 3 rings (SSSR count). The van der Waals surface area contributed by atoms with Gasteiger partial charge in [-0.15, -0.1) is 0 Å². The summed E-state index contributed by atoms with van der Waals surface area (Å²) < 4.78 is 88.3. The molecule has 1 aliphatic carbocycles. The Morgan fingerprint density at radius 3 is 1.97 bits per heavy atom. The predicted octanol–water partition coefficient (Wildman–Crippen LogP) is 5.74. The zero-order valence-electron chi connectivity index (χ0n) is 18.2. The van der Waals surface area contributed by atoms with Crippen molar-refractivity contribution in [3.8, 4) is 5.75 Å². The van der Waals surface area contributed by atoms with Gasteiger partial charge >= 0.3 is 12.4 Å². The summed E-state index contributed by atoms with van der Waals surface area (Å²) in [6.07, 6.45) is -7.85. The SMILES string of the molecule is CNC1CCC(COc2c(C(F)(F)F)cc(CCO)cc2C(F)(F)F)(c2ccccc2)CC1. The molecule has 0 spiro atoms. The van der Waals surface area contributed by atoms with Gasteiger partial charge in [-0.2, -0.15) is 26.3 Å². The summed E-state index contributed by atoms with van der Waals surface area (Å²) in [7, 11) is 1.83. The maximum atomic E-state index is 13.8. The number of hydrogen-bond donors (Lipinski definition) is 2. The second kappa shape index (κ2) is 9.93. The molecule has 3 nitrogen and oxygen atoms in total. The minimum atomic E-state index is -5.05. The van der Waals surface area contributed by atoms with E-state index in [9.17, 15) is 26.3 Å². The zero-order valence-corrected chi connectivity index (χ0v) is 18.2. The van der Waals surface area contributed by atoms with Crippen molar-refractivity contribution in [2.75, 3.05) is 20.3 Å². The Balaban J connectivity index is 2.04. The summed E-state index contributed by atoms with van der Waals surface area (Å²) in [4.78, 5) is 0. The zero-order chi connectivity index (χ0) is 24.3. The molecule has 0 bridgehead atoms. The first-order chi connectivity index (χ1) is 15.5. The standard InChI is InChI=1S/C24H27F6NO2/c1-31-18-7-10-22(11-8-18,17-5-3-2-4-6-17)15-33-21-19(23(25,26)27)13-16(9-12-32)14-20(21)24(28,29)30/h2-6,13-14,18,31-32H,7-12,15H2,1H3. The van der Waals surface area contributed by atoms with Crippen molar-refractivity contribution in [2.45, 2.75) is 55.9 Å². The first kappa shape index (κ1) is 25.4. The second-order valence-corrected chi connectivity index (χ2v) is 8.49. The van der Waals surface area contributed by atoms with E-state index >= 15 is 0 Å². The van der Waals surface area contributed by atoms with Crippen LogP contribution in [0.2, 0.25) is 0 Å². The highest BCUT2D eigenvalue weighted by molar-refractivity contribution is 5.48. The number of alkyl halides is 6. The van der Waals surface area contributed by atoms with Gasteiger partial charge in [-0.25, -0.2) is 0 Å². The molecule has 9 heteroatoms. The van der Waals surface area contributed by atoms with Crippen LogP contribution in [0.15, 0.2) is 42.5 Å². The van der Waals surface area contributed by atoms with Crippen molar-refractivity contribution < 1.29 is 36.2 Å². The number of ether oxygens (including phenoxy) is 1. The minimum Gasteiger partial charge on any atom is -0.491 e. The molecule has 0 aliphatic heterocycles. The van der Waals surface area contributed by atoms with Crippen molar-refractivity contribution >= 4 is 0 Å². The van der Waals surface area contributed by atoms with E-state index < -0.39 is 41.3 Å². The highest BCUT2D eigenvalue weighted by atomic mass is 19.4. The van der Waals surface area contributed by atoms with E-state index in [0.717, 1.165) is 18.4 Å². The third-order valence-electron chi connectivity index (χ3n) is 6.39. The molecule has 1 aliphatic rings. The summed E-state index contributed by atoms with van der Waals surface area (Å²) in [5.74, 6) is -1.21. The molecule has 1 fully saturated rings. The van der Waals surface area contributed by atoms with Gasteiger partial charge in [0.2, 0.25) is 0 Å². The minimum absolute atomic E-state index is 0.232. The fourth-order valence-electron chi connectivity index (χ4n) is 4.52. The maximum Gasteiger partial charge on any atom is 0.419 e. The Morgan fingerprint density at radius 1 is 0.970 bits per heavy atom. The van der Waals surface area contributed by atoms with E-state index in [4.69, 9.17) is 9.84 Å². The number of aliphatic hydroxyl groups excluding tert-OH is 1. The van der Waals surface area contributed by atoms with Crippen molar-refractivity contribution in [3.63, 3.8) is 0 Å². The number of nitrogens with one attached hydrogen (secondary N) is 1. The number of halogens is 6. The van der Waals surface area contributed by atoms with Crippen molar-refractivity contribution in [3.05, 3.63) is 64.7 Å². The molecule has 2 aromatic carbocycles. The van der Waals surface area contributed by atoms with Crippen LogP contribution in [0.25, 0.3) is 0 Å². The fraction of sp³-hybridized carbons (Fsp3) is 0.500. The van der Waals surface area contributed by atoms with Crippen molar-refractivity contribution in [2.24, 2.45) is 0 Å². The molecule has 0 aromatic heterocycles. The Labute approximate surface area is 188 Å². The first-order valence-corrected chi connectivity index (χ1v) is 10.8. The van der Waals surface area contributed by atoms with Crippen LogP contribution in [0.3, 0.4) is 0 Å². The van der Waals surface area contributed by atoms with E-state index in [1.54, 1.807) is 18.2 Å². The van der Waals surface area contributed by atoms with Gasteiger partial charge < -0.3 is 15.2 Å². The monoisotopic (exact) mass is 475 g/mol. The second-order valence-electron chi connectivity index (χ2n) is 8.49. The number of rotatable bonds is 7. The Kier molecular flexibility index (Phi) is 7.63. The van der Waals surface area contributed by atoms with Crippen molar-refractivity contribution in [1.82, 2.24) is 5.32 Å². The van der Waals surface area contributed by atoms with E-state index in [0.29, 0.717) is 25.0 Å². The van der Waals surface area contributed by atoms with Gasteiger partial charge in [0.15, 0.2) is 0 Å². The number of hydrogen-bond acceptors (Lipinski definition) is 3.